The molecule has 0 saturated heterocycles. The highest BCUT2D eigenvalue weighted by atomic mass is 16.5. The standard InChI is InChI=1S/C19H17N5O4/c1-2-16-21-13-7-4-3-6-12(13)19(26)24(16)11-15-22-17(28-23-15)10-20-18(25)14-8-5-9-27-14/h3-9H,2,10-11H2,1H3,(H,20,25). The summed E-state index contributed by atoms with van der Waals surface area (Å²) >= 11 is 0. The van der Waals surface area contributed by atoms with Crippen molar-refractivity contribution in [1.82, 2.24) is 25.0 Å². The number of carbonyl (C=O) groups is 1. The summed E-state index contributed by atoms with van der Waals surface area (Å²) in [6.07, 6.45) is 2.00. The fourth-order valence-electron chi connectivity index (χ4n) is 2.87. The first kappa shape index (κ1) is 17.7. The van der Waals surface area contributed by atoms with Gasteiger partial charge in [0.25, 0.3) is 11.5 Å². The maximum Gasteiger partial charge on any atom is 0.287 e. The Balaban J connectivity index is 1.53. The van der Waals surface area contributed by atoms with E-state index in [9.17, 15) is 9.59 Å². The largest absolute Gasteiger partial charge is 0.459 e. The van der Waals surface area contributed by atoms with Crippen molar-refractivity contribution in [2.24, 2.45) is 0 Å². The Morgan fingerprint density at radius 2 is 2.04 bits per heavy atom. The van der Waals surface area contributed by atoms with Crippen molar-refractivity contribution in [1.29, 1.82) is 0 Å². The van der Waals surface area contributed by atoms with Crippen LogP contribution in [0.15, 0.2) is 56.4 Å². The molecule has 1 aromatic carbocycles. The van der Waals surface area contributed by atoms with Crippen LogP contribution < -0.4 is 10.9 Å². The molecular formula is C19H17N5O4. The minimum atomic E-state index is -0.382. The predicted molar refractivity (Wildman–Crippen MR) is 98.7 cm³/mol. The zero-order valence-electron chi connectivity index (χ0n) is 15.1. The third-order valence-electron chi connectivity index (χ3n) is 4.21. The average molecular weight is 379 g/mol. The van der Waals surface area contributed by atoms with Crippen LogP contribution in [-0.2, 0) is 19.5 Å². The molecule has 0 unspecified atom stereocenters. The summed E-state index contributed by atoms with van der Waals surface area (Å²) in [5.74, 6) is 1.01. The molecule has 3 aromatic heterocycles. The molecule has 3 heterocycles. The van der Waals surface area contributed by atoms with Gasteiger partial charge in [0.15, 0.2) is 11.6 Å². The lowest BCUT2D eigenvalue weighted by molar-refractivity contribution is 0.0918. The first-order chi connectivity index (χ1) is 13.7. The number of aryl methyl sites for hydroxylation is 1. The van der Waals surface area contributed by atoms with Crippen molar-refractivity contribution < 1.29 is 13.7 Å². The molecule has 0 saturated carbocycles. The fourth-order valence-corrected chi connectivity index (χ4v) is 2.87. The molecule has 9 nitrogen and oxygen atoms in total. The van der Waals surface area contributed by atoms with Gasteiger partial charge in [-0.15, -0.1) is 0 Å². The number of amides is 1. The van der Waals surface area contributed by atoms with Crippen molar-refractivity contribution in [3.05, 3.63) is 76.3 Å². The smallest absolute Gasteiger partial charge is 0.287 e. The molecule has 0 spiro atoms. The minimum Gasteiger partial charge on any atom is -0.459 e. The normalized spacial score (nSPS) is 11.0. The molecule has 4 rings (SSSR count). The number of aromatic nitrogens is 4. The van der Waals surface area contributed by atoms with Gasteiger partial charge in [0, 0.05) is 6.42 Å². The highest BCUT2D eigenvalue weighted by molar-refractivity contribution is 5.91. The SMILES string of the molecule is CCc1nc2ccccc2c(=O)n1Cc1noc(CNC(=O)c2ccco2)n1. The quantitative estimate of drug-likeness (QED) is 0.544. The predicted octanol–water partition coefficient (Wildman–Crippen LogP) is 1.91. The molecule has 28 heavy (non-hydrogen) atoms. The summed E-state index contributed by atoms with van der Waals surface area (Å²) in [5.41, 5.74) is 0.509. The van der Waals surface area contributed by atoms with Gasteiger partial charge in [0.2, 0.25) is 5.89 Å². The molecule has 0 radical (unpaired) electrons. The van der Waals surface area contributed by atoms with Crippen molar-refractivity contribution in [3.8, 4) is 0 Å². The molecule has 9 heteroatoms. The Hall–Kier alpha value is -3.75. The van der Waals surface area contributed by atoms with E-state index in [4.69, 9.17) is 8.94 Å². The molecule has 1 N–H and O–H groups in total. The molecule has 4 aromatic rings. The number of para-hydroxylation sites is 1. The van der Waals surface area contributed by atoms with E-state index in [0.717, 1.165) is 0 Å². The number of nitrogens with zero attached hydrogens (tertiary/aromatic N) is 4. The Bertz CT molecular complexity index is 1180. The molecule has 0 atom stereocenters. The van der Waals surface area contributed by atoms with Gasteiger partial charge >= 0.3 is 0 Å². The first-order valence-corrected chi connectivity index (χ1v) is 8.77. The van der Waals surface area contributed by atoms with Crippen molar-refractivity contribution in [2.75, 3.05) is 0 Å². The van der Waals surface area contributed by atoms with Crippen LogP contribution in [0.25, 0.3) is 10.9 Å². The Morgan fingerprint density at radius 1 is 1.18 bits per heavy atom. The number of hydrogen-bond donors (Lipinski definition) is 1. The van der Waals surface area contributed by atoms with Crippen molar-refractivity contribution >= 4 is 16.8 Å². The number of benzene rings is 1. The van der Waals surface area contributed by atoms with E-state index < -0.39 is 0 Å². The van der Waals surface area contributed by atoms with Crippen LogP contribution in [0.5, 0.6) is 0 Å². The summed E-state index contributed by atoms with van der Waals surface area (Å²) in [7, 11) is 0. The van der Waals surface area contributed by atoms with Crippen LogP contribution >= 0.6 is 0 Å². The zero-order valence-corrected chi connectivity index (χ0v) is 15.1. The van der Waals surface area contributed by atoms with Crippen LogP contribution in [0, 0.1) is 0 Å². The summed E-state index contributed by atoms with van der Waals surface area (Å²) < 4.78 is 11.7. The lowest BCUT2D eigenvalue weighted by Crippen LogP contribution is -2.26. The van der Waals surface area contributed by atoms with E-state index in [1.165, 1.54) is 6.26 Å². The van der Waals surface area contributed by atoms with Crippen LogP contribution in [0.2, 0.25) is 0 Å². The Morgan fingerprint density at radius 3 is 2.82 bits per heavy atom. The summed E-state index contributed by atoms with van der Waals surface area (Å²) in [6, 6.07) is 10.4. The third-order valence-corrected chi connectivity index (χ3v) is 4.21. The number of hydrogen-bond acceptors (Lipinski definition) is 7. The summed E-state index contributed by atoms with van der Waals surface area (Å²) in [5, 5.41) is 7.06. The number of nitrogens with one attached hydrogen (secondary N) is 1. The van der Waals surface area contributed by atoms with Gasteiger partial charge in [-0.3, -0.25) is 14.2 Å². The van der Waals surface area contributed by atoms with E-state index in [1.807, 2.05) is 19.1 Å². The van der Waals surface area contributed by atoms with Crippen LogP contribution in [0.4, 0.5) is 0 Å². The second-order valence-corrected chi connectivity index (χ2v) is 6.05. The van der Waals surface area contributed by atoms with E-state index in [2.05, 4.69) is 20.4 Å². The van der Waals surface area contributed by atoms with E-state index in [1.54, 1.807) is 28.8 Å². The molecule has 0 aliphatic heterocycles. The van der Waals surface area contributed by atoms with Gasteiger partial charge in [0.1, 0.15) is 5.82 Å². The van der Waals surface area contributed by atoms with Crippen LogP contribution in [0.1, 0.15) is 35.0 Å². The van der Waals surface area contributed by atoms with Gasteiger partial charge < -0.3 is 14.3 Å². The minimum absolute atomic E-state index is 0.0536. The molecular weight excluding hydrogens is 362 g/mol. The van der Waals surface area contributed by atoms with Crippen LogP contribution in [-0.4, -0.2) is 25.6 Å². The molecule has 1 amide bonds. The number of carbonyl (C=O) groups excluding carboxylic acids is 1. The maximum absolute atomic E-state index is 12.8. The monoisotopic (exact) mass is 379 g/mol. The number of furan rings is 1. The van der Waals surface area contributed by atoms with E-state index in [0.29, 0.717) is 29.0 Å². The lowest BCUT2D eigenvalue weighted by atomic mass is 10.2. The fraction of sp³-hybridized carbons (Fsp3) is 0.211. The number of fused-ring (bicyclic) bond motifs is 1. The maximum atomic E-state index is 12.8. The molecule has 0 bridgehead atoms. The highest BCUT2D eigenvalue weighted by Gasteiger charge is 2.15. The van der Waals surface area contributed by atoms with Crippen LogP contribution in [0.3, 0.4) is 0 Å². The molecule has 0 aliphatic rings. The topological polar surface area (TPSA) is 116 Å². The summed E-state index contributed by atoms with van der Waals surface area (Å²) in [4.78, 5) is 33.5. The lowest BCUT2D eigenvalue weighted by Gasteiger charge is -2.10. The Labute approximate surface area is 159 Å². The second-order valence-electron chi connectivity index (χ2n) is 6.05. The van der Waals surface area contributed by atoms with E-state index >= 15 is 0 Å². The van der Waals surface area contributed by atoms with Crippen molar-refractivity contribution in [2.45, 2.75) is 26.4 Å². The van der Waals surface area contributed by atoms with Gasteiger partial charge in [0.05, 0.1) is 30.3 Å². The van der Waals surface area contributed by atoms with Gasteiger partial charge in [-0.1, -0.05) is 24.2 Å². The van der Waals surface area contributed by atoms with Gasteiger partial charge in [-0.05, 0) is 24.3 Å². The second kappa shape index (κ2) is 7.47. The average Bonchev–Trinajstić information content (AvgIpc) is 3.40. The first-order valence-electron chi connectivity index (χ1n) is 8.77. The summed E-state index contributed by atoms with van der Waals surface area (Å²) in [6.45, 7) is 2.12. The van der Waals surface area contributed by atoms with Crippen molar-refractivity contribution in [3.63, 3.8) is 0 Å². The molecule has 0 fully saturated rings. The van der Waals surface area contributed by atoms with Gasteiger partial charge in [-0.25, -0.2) is 4.98 Å². The Kier molecular flexibility index (Phi) is 4.71. The highest BCUT2D eigenvalue weighted by Crippen LogP contribution is 2.10. The molecule has 0 aliphatic carbocycles. The third kappa shape index (κ3) is 3.41. The van der Waals surface area contributed by atoms with Gasteiger partial charge in [-0.2, -0.15) is 4.98 Å². The molecule has 142 valence electrons. The van der Waals surface area contributed by atoms with E-state index in [-0.39, 0.29) is 36.2 Å². The zero-order chi connectivity index (χ0) is 19.5. The number of rotatable bonds is 6.